The number of thiazole rings is 1. The smallest absolute Gasteiger partial charge is 0.223 e. The summed E-state index contributed by atoms with van der Waals surface area (Å²) in [6, 6.07) is 1.68. The van der Waals surface area contributed by atoms with Crippen molar-refractivity contribution in [3.8, 4) is 0 Å². The first-order valence-electron chi connectivity index (χ1n) is 4.13. The van der Waals surface area contributed by atoms with Crippen LogP contribution in [0.4, 0.5) is 11.8 Å². The standard InChI is InChI=1S/C8H9N5S2/c1-4-3-14-8(11-4)15-6-2-5(9)12-7(10)13-6/h2-3H,1H3,(H4,9,10,12,13). The minimum atomic E-state index is 0.186. The highest BCUT2D eigenvalue weighted by Crippen LogP contribution is 2.29. The lowest BCUT2D eigenvalue weighted by Gasteiger charge is -1.99. The summed E-state index contributed by atoms with van der Waals surface area (Å²) in [7, 11) is 0. The van der Waals surface area contributed by atoms with Crippen molar-refractivity contribution in [1.82, 2.24) is 15.0 Å². The van der Waals surface area contributed by atoms with E-state index in [1.807, 2.05) is 12.3 Å². The van der Waals surface area contributed by atoms with Crippen LogP contribution in [0.1, 0.15) is 5.69 Å². The van der Waals surface area contributed by atoms with Gasteiger partial charge in [-0.15, -0.1) is 11.3 Å². The van der Waals surface area contributed by atoms with Gasteiger partial charge in [0.15, 0.2) is 4.34 Å². The zero-order chi connectivity index (χ0) is 10.8. The third kappa shape index (κ3) is 2.57. The molecule has 2 aromatic rings. The molecular weight excluding hydrogens is 230 g/mol. The summed E-state index contributed by atoms with van der Waals surface area (Å²) in [6.45, 7) is 1.95. The van der Waals surface area contributed by atoms with Crippen LogP contribution >= 0.6 is 23.1 Å². The second-order valence-electron chi connectivity index (χ2n) is 2.85. The molecular formula is C8H9N5S2. The van der Waals surface area contributed by atoms with Gasteiger partial charge in [-0.3, -0.25) is 0 Å². The van der Waals surface area contributed by atoms with Gasteiger partial charge in [0.05, 0.1) is 0 Å². The number of hydrogen-bond donors (Lipinski definition) is 2. The number of nitrogens with two attached hydrogens (primary N) is 2. The fraction of sp³-hybridized carbons (Fsp3) is 0.125. The predicted octanol–water partition coefficient (Wildman–Crippen LogP) is 1.56. The fourth-order valence-electron chi connectivity index (χ4n) is 0.982. The molecule has 0 fully saturated rings. The minimum absolute atomic E-state index is 0.186. The molecule has 0 amide bonds. The average Bonchev–Trinajstić information content (AvgIpc) is 2.49. The summed E-state index contributed by atoms with van der Waals surface area (Å²) in [6.07, 6.45) is 0. The molecule has 0 atom stereocenters. The number of aryl methyl sites for hydroxylation is 1. The first-order chi connectivity index (χ1) is 7.13. The first-order valence-corrected chi connectivity index (χ1v) is 5.83. The molecule has 0 saturated heterocycles. The molecule has 7 heteroatoms. The van der Waals surface area contributed by atoms with Gasteiger partial charge in [-0.05, 0) is 18.7 Å². The van der Waals surface area contributed by atoms with E-state index >= 15 is 0 Å². The Kier molecular flexibility index (Phi) is 2.74. The molecule has 78 valence electrons. The fourth-order valence-corrected chi connectivity index (χ4v) is 2.78. The maximum absolute atomic E-state index is 5.56. The van der Waals surface area contributed by atoms with E-state index in [9.17, 15) is 0 Å². The average molecular weight is 239 g/mol. The van der Waals surface area contributed by atoms with Gasteiger partial charge in [0, 0.05) is 17.1 Å². The lowest BCUT2D eigenvalue weighted by atomic mass is 10.6. The van der Waals surface area contributed by atoms with Crippen LogP contribution in [-0.2, 0) is 0 Å². The van der Waals surface area contributed by atoms with E-state index in [1.165, 1.54) is 11.8 Å². The highest BCUT2D eigenvalue weighted by molar-refractivity contribution is 8.01. The molecule has 15 heavy (non-hydrogen) atoms. The third-order valence-corrected chi connectivity index (χ3v) is 3.50. The van der Waals surface area contributed by atoms with Crippen molar-refractivity contribution in [2.75, 3.05) is 11.5 Å². The Morgan fingerprint density at radius 3 is 2.67 bits per heavy atom. The SMILES string of the molecule is Cc1csc(Sc2cc(N)nc(N)n2)n1. The van der Waals surface area contributed by atoms with Crippen molar-refractivity contribution >= 4 is 34.9 Å². The Balaban J connectivity index is 2.24. The van der Waals surface area contributed by atoms with Crippen LogP contribution in [0.3, 0.4) is 0 Å². The quantitative estimate of drug-likeness (QED) is 0.773. The van der Waals surface area contributed by atoms with Crippen LogP contribution in [0.15, 0.2) is 20.8 Å². The molecule has 4 N–H and O–H groups in total. The van der Waals surface area contributed by atoms with Gasteiger partial charge in [-0.1, -0.05) is 0 Å². The second-order valence-corrected chi connectivity index (χ2v) is 4.97. The van der Waals surface area contributed by atoms with Crippen molar-refractivity contribution in [2.45, 2.75) is 16.3 Å². The normalized spacial score (nSPS) is 10.5. The molecule has 2 aromatic heterocycles. The Morgan fingerprint density at radius 1 is 1.27 bits per heavy atom. The maximum atomic E-state index is 5.56. The van der Waals surface area contributed by atoms with Crippen LogP contribution < -0.4 is 11.5 Å². The first kappa shape index (κ1) is 10.2. The Morgan fingerprint density at radius 2 is 2.07 bits per heavy atom. The molecule has 0 bridgehead atoms. The van der Waals surface area contributed by atoms with Crippen LogP contribution in [0, 0.1) is 6.92 Å². The Labute approximate surface area is 95.0 Å². The minimum Gasteiger partial charge on any atom is -0.383 e. The molecule has 0 aromatic carbocycles. The number of aromatic nitrogens is 3. The van der Waals surface area contributed by atoms with Gasteiger partial charge in [-0.25, -0.2) is 9.97 Å². The van der Waals surface area contributed by atoms with E-state index < -0.39 is 0 Å². The summed E-state index contributed by atoms with van der Waals surface area (Å²) in [4.78, 5) is 12.2. The van der Waals surface area contributed by atoms with Crippen molar-refractivity contribution < 1.29 is 0 Å². The third-order valence-electron chi connectivity index (χ3n) is 1.53. The predicted molar refractivity (Wildman–Crippen MR) is 61.8 cm³/mol. The molecule has 0 aliphatic heterocycles. The molecule has 0 spiro atoms. The summed E-state index contributed by atoms with van der Waals surface area (Å²) in [5, 5.41) is 2.70. The van der Waals surface area contributed by atoms with Crippen LogP contribution in [0.2, 0.25) is 0 Å². The molecule has 0 saturated carbocycles. The Bertz CT molecular complexity index is 461. The molecule has 2 rings (SSSR count). The van der Waals surface area contributed by atoms with Gasteiger partial charge in [0.1, 0.15) is 10.8 Å². The van der Waals surface area contributed by atoms with E-state index in [0.29, 0.717) is 10.8 Å². The van der Waals surface area contributed by atoms with Gasteiger partial charge in [0.2, 0.25) is 5.95 Å². The van der Waals surface area contributed by atoms with Crippen molar-refractivity contribution in [3.63, 3.8) is 0 Å². The van der Waals surface area contributed by atoms with Crippen molar-refractivity contribution in [1.29, 1.82) is 0 Å². The molecule has 0 aliphatic rings. The molecule has 5 nitrogen and oxygen atoms in total. The van der Waals surface area contributed by atoms with Gasteiger partial charge in [0.25, 0.3) is 0 Å². The number of nitrogen functional groups attached to an aromatic ring is 2. The largest absolute Gasteiger partial charge is 0.383 e. The molecule has 2 heterocycles. The van der Waals surface area contributed by atoms with Crippen LogP contribution in [-0.4, -0.2) is 15.0 Å². The van der Waals surface area contributed by atoms with Crippen molar-refractivity contribution in [3.05, 3.63) is 17.1 Å². The lowest BCUT2D eigenvalue weighted by molar-refractivity contribution is 1.07. The summed E-state index contributed by atoms with van der Waals surface area (Å²) < 4.78 is 0.921. The molecule has 0 aliphatic carbocycles. The Hall–Kier alpha value is -1.34. The lowest BCUT2D eigenvalue weighted by Crippen LogP contribution is -1.99. The van der Waals surface area contributed by atoms with E-state index in [1.54, 1.807) is 17.4 Å². The number of rotatable bonds is 2. The number of anilines is 2. The topological polar surface area (TPSA) is 90.7 Å². The van der Waals surface area contributed by atoms with E-state index in [-0.39, 0.29) is 5.95 Å². The maximum Gasteiger partial charge on any atom is 0.223 e. The zero-order valence-corrected chi connectivity index (χ0v) is 9.60. The summed E-state index contributed by atoms with van der Waals surface area (Å²) in [5.41, 5.74) is 12.0. The van der Waals surface area contributed by atoms with E-state index in [4.69, 9.17) is 11.5 Å². The zero-order valence-electron chi connectivity index (χ0n) is 7.97. The van der Waals surface area contributed by atoms with Crippen LogP contribution in [0.5, 0.6) is 0 Å². The summed E-state index contributed by atoms with van der Waals surface area (Å²) >= 11 is 3.00. The number of hydrogen-bond acceptors (Lipinski definition) is 7. The second kappa shape index (κ2) is 4.03. The van der Waals surface area contributed by atoms with E-state index in [2.05, 4.69) is 15.0 Å². The number of nitrogens with zero attached hydrogens (tertiary/aromatic N) is 3. The van der Waals surface area contributed by atoms with Gasteiger partial charge >= 0.3 is 0 Å². The highest BCUT2D eigenvalue weighted by Gasteiger charge is 2.05. The van der Waals surface area contributed by atoms with E-state index in [0.717, 1.165) is 10.0 Å². The highest BCUT2D eigenvalue weighted by atomic mass is 32.2. The molecule has 0 unspecified atom stereocenters. The monoisotopic (exact) mass is 239 g/mol. The van der Waals surface area contributed by atoms with Gasteiger partial charge in [-0.2, -0.15) is 4.98 Å². The molecule has 0 radical (unpaired) electrons. The summed E-state index contributed by atoms with van der Waals surface area (Å²) in [5.74, 6) is 0.559. The van der Waals surface area contributed by atoms with Crippen molar-refractivity contribution in [2.24, 2.45) is 0 Å². The van der Waals surface area contributed by atoms with Crippen LogP contribution in [0.25, 0.3) is 0 Å². The van der Waals surface area contributed by atoms with Gasteiger partial charge < -0.3 is 11.5 Å².